The van der Waals surface area contributed by atoms with Gasteiger partial charge in [0.05, 0.1) is 7.11 Å². The first-order valence-corrected chi connectivity index (χ1v) is 9.10. The molecular weight excluding hydrogens is 298 g/mol. The molecule has 0 aromatic rings. The third-order valence-electron chi connectivity index (χ3n) is 3.99. The SMILES string of the molecule is CC.CC.COC(=O)C1CC(C2=C(C)C=CC(C)C=C2)=C(C)CN1. The van der Waals surface area contributed by atoms with Crippen LogP contribution in [-0.2, 0) is 9.53 Å². The van der Waals surface area contributed by atoms with Gasteiger partial charge in [0.2, 0.25) is 0 Å². The third-order valence-corrected chi connectivity index (χ3v) is 3.99. The minimum atomic E-state index is -0.239. The molecule has 136 valence electrons. The number of nitrogens with one attached hydrogen (secondary N) is 1. The zero-order valence-corrected chi connectivity index (χ0v) is 16.7. The number of esters is 1. The van der Waals surface area contributed by atoms with Crippen LogP contribution < -0.4 is 5.32 Å². The van der Waals surface area contributed by atoms with Crippen LogP contribution in [0.1, 0.15) is 54.9 Å². The van der Waals surface area contributed by atoms with Crippen LogP contribution in [0.5, 0.6) is 0 Å². The predicted octanol–water partition coefficient (Wildman–Crippen LogP) is 4.97. The van der Waals surface area contributed by atoms with Crippen LogP contribution in [0.15, 0.2) is 46.6 Å². The number of carbonyl (C=O) groups is 1. The molecule has 0 fully saturated rings. The first kappa shape index (κ1) is 22.4. The Morgan fingerprint density at radius 3 is 2.29 bits per heavy atom. The molecule has 0 aromatic carbocycles. The molecule has 24 heavy (non-hydrogen) atoms. The number of ether oxygens (including phenoxy) is 1. The van der Waals surface area contributed by atoms with Gasteiger partial charge in [-0.2, -0.15) is 0 Å². The Kier molecular flexibility index (Phi) is 11.1. The summed E-state index contributed by atoms with van der Waals surface area (Å²) in [7, 11) is 1.44. The maximum atomic E-state index is 11.7. The van der Waals surface area contributed by atoms with Crippen molar-refractivity contribution >= 4 is 5.97 Å². The monoisotopic (exact) mass is 333 g/mol. The summed E-state index contributed by atoms with van der Waals surface area (Å²) in [6.45, 7) is 15.2. The van der Waals surface area contributed by atoms with E-state index in [9.17, 15) is 4.79 Å². The van der Waals surface area contributed by atoms with E-state index in [-0.39, 0.29) is 12.0 Å². The van der Waals surface area contributed by atoms with E-state index in [1.807, 2.05) is 27.7 Å². The van der Waals surface area contributed by atoms with Gasteiger partial charge in [-0.3, -0.25) is 4.79 Å². The Balaban J connectivity index is 0.00000123. The van der Waals surface area contributed by atoms with E-state index in [0.717, 1.165) is 6.54 Å². The molecule has 2 aliphatic rings. The lowest BCUT2D eigenvalue weighted by molar-refractivity contribution is -0.143. The van der Waals surface area contributed by atoms with E-state index in [1.165, 1.54) is 29.4 Å². The van der Waals surface area contributed by atoms with Crippen molar-refractivity contribution in [1.82, 2.24) is 5.32 Å². The molecule has 0 saturated carbocycles. The average Bonchev–Trinajstić information content (AvgIpc) is 2.80. The normalized spacial score (nSPS) is 22.8. The maximum absolute atomic E-state index is 11.7. The summed E-state index contributed by atoms with van der Waals surface area (Å²) in [5, 5.41) is 3.23. The molecule has 1 aliphatic carbocycles. The summed E-state index contributed by atoms with van der Waals surface area (Å²) >= 11 is 0. The van der Waals surface area contributed by atoms with Gasteiger partial charge in [0, 0.05) is 6.54 Å². The molecule has 1 N–H and O–H groups in total. The van der Waals surface area contributed by atoms with E-state index in [0.29, 0.717) is 12.3 Å². The summed E-state index contributed by atoms with van der Waals surface area (Å²) in [5.41, 5.74) is 5.07. The maximum Gasteiger partial charge on any atom is 0.323 e. The smallest absolute Gasteiger partial charge is 0.323 e. The van der Waals surface area contributed by atoms with Gasteiger partial charge in [0.25, 0.3) is 0 Å². The summed E-state index contributed by atoms with van der Waals surface area (Å²) in [5.74, 6) is 0.260. The lowest BCUT2D eigenvalue weighted by Crippen LogP contribution is -2.42. The van der Waals surface area contributed by atoms with Gasteiger partial charge in [-0.25, -0.2) is 0 Å². The van der Waals surface area contributed by atoms with Crippen LogP contribution in [0.25, 0.3) is 0 Å². The second-order valence-electron chi connectivity index (χ2n) is 5.59. The van der Waals surface area contributed by atoms with Gasteiger partial charge in [-0.15, -0.1) is 0 Å². The molecule has 2 atom stereocenters. The fraction of sp³-hybridized carbons (Fsp3) is 0.571. The molecule has 2 unspecified atom stereocenters. The highest BCUT2D eigenvalue weighted by molar-refractivity contribution is 5.77. The number of hydrogen-bond acceptors (Lipinski definition) is 3. The topological polar surface area (TPSA) is 38.3 Å². The zero-order valence-electron chi connectivity index (χ0n) is 16.7. The first-order valence-electron chi connectivity index (χ1n) is 9.10. The fourth-order valence-corrected chi connectivity index (χ4v) is 2.65. The van der Waals surface area contributed by atoms with Crippen LogP contribution in [-0.4, -0.2) is 25.7 Å². The summed E-state index contributed by atoms with van der Waals surface area (Å²) in [6.07, 6.45) is 9.47. The van der Waals surface area contributed by atoms with E-state index in [1.54, 1.807) is 0 Å². The molecule has 0 spiro atoms. The third kappa shape index (κ3) is 6.12. The molecule has 2 rings (SSSR count). The van der Waals surface area contributed by atoms with Crippen molar-refractivity contribution in [3.63, 3.8) is 0 Å². The number of hydrogen-bond donors (Lipinski definition) is 1. The van der Waals surface area contributed by atoms with Crippen molar-refractivity contribution in [3.05, 3.63) is 46.6 Å². The first-order chi connectivity index (χ1) is 11.5. The Labute approximate surface area is 148 Å². The van der Waals surface area contributed by atoms with E-state index >= 15 is 0 Å². The van der Waals surface area contributed by atoms with Crippen LogP contribution in [0.4, 0.5) is 0 Å². The summed E-state index contributed by atoms with van der Waals surface area (Å²) in [6, 6.07) is -0.239. The van der Waals surface area contributed by atoms with Gasteiger partial charge in [0.15, 0.2) is 0 Å². The van der Waals surface area contributed by atoms with Crippen LogP contribution >= 0.6 is 0 Å². The Hall–Kier alpha value is -1.61. The Morgan fingerprint density at radius 1 is 1.12 bits per heavy atom. The fourth-order valence-electron chi connectivity index (χ4n) is 2.65. The highest BCUT2D eigenvalue weighted by Crippen LogP contribution is 2.30. The lowest BCUT2D eigenvalue weighted by Gasteiger charge is -2.27. The van der Waals surface area contributed by atoms with Crippen molar-refractivity contribution in [1.29, 1.82) is 0 Å². The average molecular weight is 334 g/mol. The van der Waals surface area contributed by atoms with Gasteiger partial charge >= 0.3 is 5.97 Å². The summed E-state index contributed by atoms with van der Waals surface area (Å²) in [4.78, 5) is 11.7. The van der Waals surface area contributed by atoms with Crippen molar-refractivity contribution in [3.8, 4) is 0 Å². The van der Waals surface area contributed by atoms with E-state index in [4.69, 9.17) is 4.74 Å². The van der Waals surface area contributed by atoms with Crippen molar-refractivity contribution in [2.24, 2.45) is 5.92 Å². The summed E-state index contributed by atoms with van der Waals surface area (Å²) < 4.78 is 4.86. The van der Waals surface area contributed by atoms with Gasteiger partial charge < -0.3 is 10.1 Å². The highest BCUT2D eigenvalue weighted by atomic mass is 16.5. The second kappa shape index (κ2) is 11.9. The van der Waals surface area contributed by atoms with Gasteiger partial charge in [-0.1, -0.05) is 64.5 Å². The molecule has 3 nitrogen and oxygen atoms in total. The van der Waals surface area contributed by atoms with Gasteiger partial charge in [-0.05, 0) is 42.9 Å². The molecule has 0 bridgehead atoms. The molecule has 1 heterocycles. The van der Waals surface area contributed by atoms with E-state index in [2.05, 4.69) is 50.4 Å². The molecule has 3 heteroatoms. The number of rotatable bonds is 2. The molecule has 1 aliphatic heterocycles. The van der Waals surface area contributed by atoms with Crippen molar-refractivity contribution in [2.45, 2.75) is 60.9 Å². The van der Waals surface area contributed by atoms with E-state index < -0.39 is 0 Å². The standard InChI is InChI=1S/C17H23NO2.2C2H6/c1-11-5-7-12(2)14(8-6-11)15-9-16(17(19)20-4)18-10-13(15)3;2*1-2/h5-8,11,16,18H,9-10H2,1-4H3;2*1-2H3. The molecule has 0 saturated heterocycles. The quantitative estimate of drug-likeness (QED) is 0.725. The minimum Gasteiger partial charge on any atom is -0.468 e. The van der Waals surface area contributed by atoms with Gasteiger partial charge in [0.1, 0.15) is 6.04 Å². The Morgan fingerprint density at radius 2 is 1.71 bits per heavy atom. The highest BCUT2D eigenvalue weighted by Gasteiger charge is 2.26. The predicted molar refractivity (Wildman–Crippen MR) is 104 cm³/mol. The molecule has 0 aromatic heterocycles. The number of carbonyl (C=O) groups excluding carboxylic acids is 1. The zero-order chi connectivity index (χ0) is 18.7. The van der Waals surface area contributed by atoms with Crippen LogP contribution in [0, 0.1) is 5.92 Å². The Bertz CT molecular complexity index is 524. The lowest BCUT2D eigenvalue weighted by atomic mass is 9.88. The largest absolute Gasteiger partial charge is 0.468 e. The number of methoxy groups -OCH3 is 1. The second-order valence-corrected chi connectivity index (χ2v) is 5.59. The molecular formula is C21H35NO2. The van der Waals surface area contributed by atoms with Crippen molar-refractivity contribution in [2.75, 3.05) is 13.7 Å². The minimum absolute atomic E-state index is 0.185. The van der Waals surface area contributed by atoms with Crippen LogP contribution in [0.2, 0.25) is 0 Å². The molecule has 0 radical (unpaired) electrons. The van der Waals surface area contributed by atoms with Crippen molar-refractivity contribution < 1.29 is 9.53 Å². The molecule has 0 amide bonds. The number of allylic oxidation sites excluding steroid dienone is 6. The van der Waals surface area contributed by atoms with Crippen LogP contribution in [0.3, 0.4) is 0 Å².